The summed E-state index contributed by atoms with van der Waals surface area (Å²) >= 11 is 0. The number of ether oxygens (including phenoxy) is 1. The molecule has 3 aromatic carbocycles. The van der Waals surface area contributed by atoms with Crippen LogP contribution in [0.4, 0.5) is 22.9 Å². The van der Waals surface area contributed by atoms with E-state index in [1.165, 1.54) is 9.58 Å². The average Bonchev–Trinajstić information content (AvgIpc) is 3.30. The summed E-state index contributed by atoms with van der Waals surface area (Å²) in [6.45, 7) is 14.2. The van der Waals surface area contributed by atoms with Crippen molar-refractivity contribution in [3.05, 3.63) is 100 Å². The van der Waals surface area contributed by atoms with Gasteiger partial charge in [-0.15, -0.1) is 0 Å². The van der Waals surface area contributed by atoms with Gasteiger partial charge in [0, 0.05) is 24.4 Å². The molecule has 1 aliphatic rings. The quantitative estimate of drug-likeness (QED) is 0.310. The fraction of sp³-hybridized carbons (Fsp3) is 0.219. The van der Waals surface area contributed by atoms with Crippen molar-refractivity contribution < 1.29 is 9.53 Å². The normalized spacial score (nSPS) is 14.0. The number of hydrogen-bond donors (Lipinski definition) is 1. The van der Waals surface area contributed by atoms with Crippen LogP contribution in [0.2, 0.25) is 0 Å². The molecule has 204 valence electrons. The lowest BCUT2D eigenvalue weighted by atomic mass is 9.98. The second-order valence-electron chi connectivity index (χ2n) is 9.69. The van der Waals surface area contributed by atoms with Gasteiger partial charge in [0.1, 0.15) is 17.3 Å². The number of nitrogens with zero attached hydrogens (tertiary/aromatic N) is 4. The van der Waals surface area contributed by atoms with Crippen molar-refractivity contribution in [1.82, 2.24) is 9.78 Å². The van der Waals surface area contributed by atoms with Gasteiger partial charge in [-0.3, -0.25) is 19.6 Å². The monoisotopic (exact) mass is 535 g/mol. The van der Waals surface area contributed by atoms with Crippen molar-refractivity contribution in [2.24, 2.45) is 4.99 Å². The van der Waals surface area contributed by atoms with E-state index in [0.29, 0.717) is 34.2 Å². The Morgan fingerprint density at radius 2 is 1.55 bits per heavy atom. The number of methoxy groups -OCH3 is 1. The second-order valence-corrected chi connectivity index (χ2v) is 9.69. The van der Waals surface area contributed by atoms with Crippen molar-refractivity contribution in [3.8, 4) is 11.4 Å². The first kappa shape index (κ1) is 26.7. The topological polar surface area (TPSA) is 82.9 Å². The largest absolute Gasteiger partial charge is 0.497 e. The highest BCUT2D eigenvalue weighted by Gasteiger charge is 2.38. The predicted octanol–water partition coefficient (Wildman–Crippen LogP) is 6.10. The van der Waals surface area contributed by atoms with Crippen LogP contribution in [0.3, 0.4) is 0 Å². The molecule has 40 heavy (non-hydrogen) atoms. The number of aliphatic imine (C=N–C) groups is 1. The van der Waals surface area contributed by atoms with Crippen LogP contribution >= 0.6 is 0 Å². The lowest BCUT2D eigenvalue weighted by molar-refractivity contribution is -0.111. The molecule has 0 saturated carbocycles. The molecule has 8 nitrogen and oxygen atoms in total. The molecule has 1 amide bonds. The molecule has 0 bridgehead atoms. The number of aryl methyl sites for hydroxylation is 2. The Bertz CT molecular complexity index is 1650. The zero-order valence-corrected chi connectivity index (χ0v) is 23.5. The van der Waals surface area contributed by atoms with E-state index in [4.69, 9.17) is 9.73 Å². The van der Waals surface area contributed by atoms with Crippen LogP contribution in [0.5, 0.6) is 5.75 Å². The van der Waals surface area contributed by atoms with Gasteiger partial charge in [-0.05, 0) is 87.4 Å². The number of anilines is 3. The number of para-hydroxylation sites is 1. The zero-order valence-electron chi connectivity index (χ0n) is 23.5. The molecule has 5 rings (SSSR count). The molecule has 0 atom stereocenters. The fourth-order valence-electron chi connectivity index (χ4n) is 5.16. The van der Waals surface area contributed by atoms with E-state index in [1.807, 2.05) is 44.2 Å². The van der Waals surface area contributed by atoms with Crippen molar-refractivity contribution in [3.63, 3.8) is 0 Å². The Morgan fingerprint density at radius 3 is 2.12 bits per heavy atom. The van der Waals surface area contributed by atoms with E-state index >= 15 is 0 Å². The number of carbonyl (C=O) groups is 1. The minimum Gasteiger partial charge on any atom is -0.497 e. The van der Waals surface area contributed by atoms with E-state index in [2.05, 4.69) is 42.6 Å². The molecule has 0 fully saturated rings. The number of amides is 1. The van der Waals surface area contributed by atoms with Gasteiger partial charge in [0.25, 0.3) is 11.5 Å². The number of nitrogens with one attached hydrogen (secondary N) is 1. The summed E-state index contributed by atoms with van der Waals surface area (Å²) in [6.07, 6.45) is 0. The first-order chi connectivity index (χ1) is 19.3. The van der Waals surface area contributed by atoms with Crippen LogP contribution in [0.15, 0.2) is 83.1 Å². The van der Waals surface area contributed by atoms with Crippen LogP contribution in [-0.4, -0.2) is 41.6 Å². The molecule has 1 N–H and O–H groups in total. The van der Waals surface area contributed by atoms with Crippen molar-refractivity contribution in [1.29, 1.82) is 0 Å². The minimum absolute atomic E-state index is 0.126. The number of hydrogen-bond acceptors (Lipinski definition) is 5. The fourth-order valence-corrected chi connectivity index (χ4v) is 5.16. The Kier molecular flexibility index (Phi) is 7.17. The molecule has 1 aromatic heterocycles. The van der Waals surface area contributed by atoms with Gasteiger partial charge in [0.2, 0.25) is 0 Å². The van der Waals surface area contributed by atoms with Gasteiger partial charge in [-0.2, -0.15) is 0 Å². The number of aromatic amines is 1. The maximum absolute atomic E-state index is 14.2. The predicted molar refractivity (Wildman–Crippen MR) is 162 cm³/mol. The SMILES string of the molecule is C=C1C(=Nc2c(C)cc(N(CC)CC)cc2C)C(=O)N(c2ccc(OC)cc2)c2[nH]n(-c3ccccc3)c(=O)c21. The first-order valence-corrected chi connectivity index (χ1v) is 13.3. The molecule has 0 spiro atoms. The lowest BCUT2D eigenvalue weighted by Crippen LogP contribution is -2.38. The molecule has 0 saturated heterocycles. The van der Waals surface area contributed by atoms with Gasteiger partial charge in [0.05, 0.1) is 29.7 Å². The zero-order chi connectivity index (χ0) is 28.6. The summed E-state index contributed by atoms with van der Waals surface area (Å²) in [7, 11) is 1.58. The van der Waals surface area contributed by atoms with E-state index < -0.39 is 0 Å². The Balaban J connectivity index is 1.71. The molecule has 0 unspecified atom stereocenters. The smallest absolute Gasteiger partial charge is 0.283 e. The number of H-pyrrole nitrogens is 1. The third-order valence-electron chi connectivity index (χ3n) is 7.26. The summed E-state index contributed by atoms with van der Waals surface area (Å²) in [5.41, 5.74) is 5.29. The van der Waals surface area contributed by atoms with E-state index in [0.717, 1.165) is 29.9 Å². The number of carbonyl (C=O) groups excluding carboxylic acids is 1. The van der Waals surface area contributed by atoms with Gasteiger partial charge < -0.3 is 9.64 Å². The van der Waals surface area contributed by atoms with Gasteiger partial charge in [0.15, 0.2) is 0 Å². The minimum atomic E-state index is -0.379. The molecule has 0 radical (unpaired) electrons. The molecule has 1 aliphatic heterocycles. The Morgan fingerprint density at radius 1 is 0.925 bits per heavy atom. The highest BCUT2D eigenvalue weighted by atomic mass is 16.5. The second kappa shape index (κ2) is 10.7. The van der Waals surface area contributed by atoms with Crippen LogP contribution < -0.4 is 20.1 Å². The number of benzene rings is 3. The highest BCUT2D eigenvalue weighted by molar-refractivity contribution is 6.61. The lowest BCUT2D eigenvalue weighted by Gasteiger charge is -2.28. The number of aromatic nitrogens is 2. The maximum Gasteiger partial charge on any atom is 0.283 e. The van der Waals surface area contributed by atoms with E-state index in [9.17, 15) is 9.59 Å². The number of fused-ring (bicyclic) bond motifs is 1. The summed E-state index contributed by atoms with van der Waals surface area (Å²) < 4.78 is 6.74. The number of rotatable bonds is 7. The molecular formula is C32H33N5O3. The summed E-state index contributed by atoms with van der Waals surface area (Å²) in [5.74, 6) is 0.621. The van der Waals surface area contributed by atoms with Gasteiger partial charge in [-0.1, -0.05) is 24.8 Å². The Labute approximate surface area is 233 Å². The standard InChI is InChI=1S/C32H33N5O3/c1-7-35(8-2)25-18-20(3)28(21(4)19-25)33-29-22(5)27-30(34-37(31(27)38)24-12-10-9-11-13-24)36(32(29)39)23-14-16-26(40-6)17-15-23/h9-19,34H,5,7-8H2,1-4,6H3. The molecule has 0 aliphatic carbocycles. The van der Waals surface area contributed by atoms with Crippen molar-refractivity contribution in [2.75, 3.05) is 30.0 Å². The van der Waals surface area contributed by atoms with Crippen molar-refractivity contribution >= 4 is 40.1 Å². The maximum atomic E-state index is 14.2. The summed E-state index contributed by atoms with van der Waals surface area (Å²) in [4.78, 5) is 36.6. The summed E-state index contributed by atoms with van der Waals surface area (Å²) in [5, 5.41) is 3.15. The Hall–Kier alpha value is -4.85. The van der Waals surface area contributed by atoms with Crippen LogP contribution in [-0.2, 0) is 4.79 Å². The van der Waals surface area contributed by atoms with Crippen LogP contribution in [0, 0.1) is 13.8 Å². The van der Waals surface area contributed by atoms with E-state index in [1.54, 1.807) is 31.4 Å². The molecule has 2 heterocycles. The van der Waals surface area contributed by atoms with Crippen molar-refractivity contribution in [2.45, 2.75) is 27.7 Å². The molecule has 8 heteroatoms. The highest BCUT2D eigenvalue weighted by Crippen LogP contribution is 2.38. The third-order valence-corrected chi connectivity index (χ3v) is 7.26. The van der Waals surface area contributed by atoms with Gasteiger partial charge >= 0.3 is 0 Å². The summed E-state index contributed by atoms with van der Waals surface area (Å²) in [6, 6.07) is 20.5. The first-order valence-electron chi connectivity index (χ1n) is 13.3. The third kappa shape index (κ3) is 4.51. The van der Waals surface area contributed by atoms with Crippen LogP contribution in [0.25, 0.3) is 11.3 Å². The molecular weight excluding hydrogens is 502 g/mol. The molecule has 4 aromatic rings. The van der Waals surface area contributed by atoms with Gasteiger partial charge in [-0.25, -0.2) is 9.67 Å². The van der Waals surface area contributed by atoms with E-state index in [-0.39, 0.29) is 22.8 Å². The average molecular weight is 536 g/mol. The van der Waals surface area contributed by atoms with Crippen LogP contribution in [0.1, 0.15) is 30.5 Å².